The van der Waals surface area contributed by atoms with Crippen LogP contribution in [0.25, 0.3) is 0 Å². The topological polar surface area (TPSA) is 41.1 Å². The van der Waals surface area contributed by atoms with Crippen molar-refractivity contribution in [3.05, 3.63) is 10.8 Å². The van der Waals surface area contributed by atoms with Crippen molar-refractivity contribution in [2.24, 2.45) is 11.8 Å². The Bertz CT molecular complexity index is 429. The summed E-state index contributed by atoms with van der Waals surface area (Å²) in [5, 5.41) is 3.28. The third-order valence-electron chi connectivity index (χ3n) is 3.77. The molecule has 0 aromatic carbocycles. The summed E-state index contributed by atoms with van der Waals surface area (Å²) in [4.78, 5) is 11.3. The normalized spacial score (nSPS) is 18.4. The molecule has 19 heavy (non-hydrogen) atoms. The summed E-state index contributed by atoms with van der Waals surface area (Å²) in [6.45, 7) is 5.26. The summed E-state index contributed by atoms with van der Waals surface area (Å²) in [6, 6.07) is 0. The van der Waals surface area contributed by atoms with E-state index in [-0.39, 0.29) is 0 Å². The van der Waals surface area contributed by atoms with Gasteiger partial charge in [0.05, 0.1) is 0 Å². The molecule has 2 aliphatic carbocycles. The summed E-state index contributed by atoms with van der Waals surface area (Å²) >= 11 is 3.67. The summed E-state index contributed by atoms with van der Waals surface area (Å²) < 4.78 is 1.01. The van der Waals surface area contributed by atoms with Crippen LogP contribution < -0.4 is 10.2 Å². The summed E-state index contributed by atoms with van der Waals surface area (Å²) in [6.07, 6.45) is 7.19. The van der Waals surface area contributed by atoms with E-state index in [1.807, 2.05) is 0 Å². The Balaban J connectivity index is 1.80. The Morgan fingerprint density at radius 1 is 1.21 bits per heavy atom. The third-order valence-corrected chi connectivity index (χ3v) is 4.50. The highest BCUT2D eigenvalue weighted by molar-refractivity contribution is 9.10. The van der Waals surface area contributed by atoms with Gasteiger partial charge in [0.25, 0.3) is 0 Å². The number of hydrogen-bond donors (Lipinski definition) is 1. The molecule has 4 nitrogen and oxygen atoms in total. The van der Waals surface area contributed by atoms with Crippen molar-refractivity contribution in [2.75, 3.05) is 29.9 Å². The molecule has 2 aliphatic rings. The lowest BCUT2D eigenvalue weighted by atomic mass is 10.3. The van der Waals surface area contributed by atoms with Crippen molar-refractivity contribution in [1.82, 2.24) is 9.97 Å². The summed E-state index contributed by atoms with van der Waals surface area (Å²) in [5.74, 6) is 3.72. The third kappa shape index (κ3) is 3.38. The van der Waals surface area contributed by atoms with E-state index in [1.54, 1.807) is 6.33 Å². The number of rotatable bonds is 7. The van der Waals surface area contributed by atoms with Gasteiger partial charge in [-0.15, -0.1) is 0 Å². The lowest BCUT2D eigenvalue weighted by Crippen LogP contribution is -2.29. The van der Waals surface area contributed by atoms with Crippen molar-refractivity contribution >= 4 is 27.6 Å². The first kappa shape index (κ1) is 13.2. The van der Waals surface area contributed by atoms with E-state index >= 15 is 0 Å². The first-order chi connectivity index (χ1) is 9.28. The zero-order chi connectivity index (χ0) is 13.2. The first-order valence-electron chi connectivity index (χ1n) is 7.27. The van der Waals surface area contributed by atoms with Crippen LogP contribution in [0.15, 0.2) is 10.8 Å². The average molecular weight is 325 g/mol. The highest BCUT2D eigenvalue weighted by Gasteiger charge is 2.31. The van der Waals surface area contributed by atoms with Crippen LogP contribution in [-0.2, 0) is 0 Å². The maximum atomic E-state index is 4.51. The van der Waals surface area contributed by atoms with E-state index in [0.29, 0.717) is 0 Å². The van der Waals surface area contributed by atoms with Crippen LogP contribution in [0.2, 0.25) is 0 Å². The van der Waals surface area contributed by atoms with Gasteiger partial charge in [-0.2, -0.15) is 0 Å². The van der Waals surface area contributed by atoms with Crippen LogP contribution in [0.3, 0.4) is 0 Å². The minimum atomic E-state index is 0.875. The van der Waals surface area contributed by atoms with Gasteiger partial charge in [0, 0.05) is 19.6 Å². The Morgan fingerprint density at radius 3 is 2.37 bits per heavy atom. The highest BCUT2D eigenvalue weighted by Crippen LogP contribution is 2.38. The Hall–Kier alpha value is -0.840. The van der Waals surface area contributed by atoms with Crippen LogP contribution >= 0.6 is 15.9 Å². The van der Waals surface area contributed by atoms with Gasteiger partial charge in [-0.3, -0.25) is 0 Å². The SMILES string of the molecule is CCNc1ncnc(N(CC2CC2)CC2CC2)c1Br. The monoisotopic (exact) mass is 324 g/mol. The Morgan fingerprint density at radius 2 is 1.84 bits per heavy atom. The maximum absolute atomic E-state index is 4.51. The van der Waals surface area contributed by atoms with E-state index in [1.165, 1.54) is 25.7 Å². The molecule has 0 amide bonds. The molecule has 0 bridgehead atoms. The van der Waals surface area contributed by atoms with E-state index in [4.69, 9.17) is 0 Å². The standard InChI is InChI=1S/C14H21BrN4/c1-2-16-13-12(15)14(18-9-17-13)19(7-10-3-4-10)8-11-5-6-11/h9-11H,2-8H2,1H3,(H,16,17,18). The molecular formula is C14H21BrN4. The number of anilines is 2. The molecule has 0 radical (unpaired) electrons. The Kier molecular flexibility index (Phi) is 3.91. The number of nitrogens with zero attached hydrogens (tertiary/aromatic N) is 3. The van der Waals surface area contributed by atoms with Crippen LogP contribution in [0, 0.1) is 11.8 Å². The zero-order valence-electron chi connectivity index (χ0n) is 11.4. The van der Waals surface area contributed by atoms with Crippen LogP contribution in [0.4, 0.5) is 11.6 Å². The summed E-state index contributed by atoms with van der Waals surface area (Å²) in [5.41, 5.74) is 0. The Labute approximate surface area is 123 Å². The molecule has 1 aromatic heterocycles. The van der Waals surface area contributed by atoms with E-state index in [0.717, 1.165) is 47.6 Å². The quantitative estimate of drug-likeness (QED) is 0.835. The van der Waals surface area contributed by atoms with Crippen LogP contribution in [0.1, 0.15) is 32.6 Å². The second kappa shape index (κ2) is 5.65. The minimum absolute atomic E-state index is 0.875. The second-order valence-corrected chi connectivity index (χ2v) is 6.47. The molecule has 2 fully saturated rings. The van der Waals surface area contributed by atoms with Crippen molar-refractivity contribution in [3.8, 4) is 0 Å². The average Bonchev–Trinajstić information content (AvgIpc) is 3.27. The van der Waals surface area contributed by atoms with Gasteiger partial charge in [0.15, 0.2) is 0 Å². The van der Waals surface area contributed by atoms with E-state index in [2.05, 4.69) is 43.0 Å². The number of aromatic nitrogens is 2. The van der Waals surface area contributed by atoms with Gasteiger partial charge in [-0.1, -0.05) is 0 Å². The molecule has 0 unspecified atom stereocenters. The molecule has 0 saturated heterocycles. The molecule has 0 aliphatic heterocycles. The van der Waals surface area contributed by atoms with Gasteiger partial charge >= 0.3 is 0 Å². The van der Waals surface area contributed by atoms with Crippen LogP contribution in [0.5, 0.6) is 0 Å². The van der Waals surface area contributed by atoms with Gasteiger partial charge < -0.3 is 10.2 Å². The van der Waals surface area contributed by atoms with Gasteiger partial charge in [0.2, 0.25) is 0 Å². The van der Waals surface area contributed by atoms with Crippen LogP contribution in [-0.4, -0.2) is 29.6 Å². The van der Waals surface area contributed by atoms with Crippen molar-refractivity contribution < 1.29 is 0 Å². The van der Waals surface area contributed by atoms with Crippen molar-refractivity contribution in [2.45, 2.75) is 32.6 Å². The van der Waals surface area contributed by atoms with Gasteiger partial charge in [0.1, 0.15) is 22.4 Å². The summed E-state index contributed by atoms with van der Waals surface area (Å²) in [7, 11) is 0. The lowest BCUT2D eigenvalue weighted by Gasteiger charge is -2.25. The molecule has 1 aromatic rings. The highest BCUT2D eigenvalue weighted by atomic mass is 79.9. The molecular weight excluding hydrogens is 304 g/mol. The fourth-order valence-corrected chi connectivity index (χ4v) is 2.94. The number of nitrogens with one attached hydrogen (secondary N) is 1. The van der Waals surface area contributed by atoms with E-state index in [9.17, 15) is 0 Å². The first-order valence-corrected chi connectivity index (χ1v) is 8.06. The predicted octanol–water partition coefficient (Wildman–Crippen LogP) is 3.30. The fourth-order valence-electron chi connectivity index (χ4n) is 2.34. The fraction of sp³-hybridized carbons (Fsp3) is 0.714. The molecule has 5 heteroatoms. The molecule has 2 saturated carbocycles. The molecule has 3 rings (SSSR count). The molecule has 0 atom stereocenters. The van der Waals surface area contributed by atoms with Gasteiger partial charge in [-0.25, -0.2) is 9.97 Å². The lowest BCUT2D eigenvalue weighted by molar-refractivity contribution is 0.669. The smallest absolute Gasteiger partial charge is 0.148 e. The largest absolute Gasteiger partial charge is 0.369 e. The molecule has 1 heterocycles. The predicted molar refractivity (Wildman–Crippen MR) is 81.6 cm³/mol. The van der Waals surface area contributed by atoms with Crippen molar-refractivity contribution in [1.29, 1.82) is 0 Å². The van der Waals surface area contributed by atoms with Crippen molar-refractivity contribution in [3.63, 3.8) is 0 Å². The van der Waals surface area contributed by atoms with Gasteiger partial charge in [-0.05, 0) is 60.4 Å². The minimum Gasteiger partial charge on any atom is -0.369 e. The molecule has 104 valence electrons. The van der Waals surface area contributed by atoms with E-state index < -0.39 is 0 Å². The molecule has 0 spiro atoms. The second-order valence-electron chi connectivity index (χ2n) is 5.68. The number of hydrogen-bond acceptors (Lipinski definition) is 4. The number of halogens is 1. The zero-order valence-corrected chi connectivity index (χ0v) is 13.0. The molecule has 1 N–H and O–H groups in total. The maximum Gasteiger partial charge on any atom is 0.148 e.